The molecule has 3 heterocycles. The number of halogens is 1. The molecule has 6 aromatic rings. The Balaban J connectivity index is 1.36. The van der Waals surface area contributed by atoms with E-state index in [9.17, 15) is 14.0 Å². The van der Waals surface area contributed by atoms with Crippen molar-refractivity contribution in [2.75, 3.05) is 11.9 Å². The number of rotatable bonds is 5. The van der Waals surface area contributed by atoms with Crippen LogP contribution in [0.25, 0.3) is 32.9 Å². The number of hydrogen-bond donors (Lipinski definition) is 0. The number of carbonyl (C=O) groups is 1. The normalized spacial score (nSPS) is 11.5. The number of hydrogen-bond acceptors (Lipinski definition) is 5. The predicted octanol–water partition coefficient (Wildman–Crippen LogP) is 4.65. The molecule has 1 amide bonds. The van der Waals surface area contributed by atoms with E-state index in [1.165, 1.54) is 21.7 Å². The molecular weight excluding hydrogens is 473 g/mol. The zero-order valence-corrected chi connectivity index (χ0v) is 20.2. The average Bonchev–Trinajstić information content (AvgIpc) is 3.43. The van der Waals surface area contributed by atoms with Crippen LogP contribution in [0.1, 0.15) is 11.5 Å². The van der Waals surface area contributed by atoms with Crippen LogP contribution in [0.2, 0.25) is 0 Å². The number of aryl methyl sites for hydroxylation is 1. The number of likely N-dealkylation sites (N-methyl/N-ethyl adjacent to an activating group) is 1. The van der Waals surface area contributed by atoms with Crippen LogP contribution >= 0.6 is 0 Å². The van der Waals surface area contributed by atoms with Gasteiger partial charge in [-0.05, 0) is 35.9 Å². The quantitative estimate of drug-likeness (QED) is 0.348. The lowest BCUT2D eigenvalue weighted by Crippen LogP contribution is -2.35. The molecule has 37 heavy (non-hydrogen) atoms. The highest BCUT2D eigenvalue weighted by atomic mass is 19.1. The van der Waals surface area contributed by atoms with E-state index < -0.39 is 0 Å². The molecule has 6 rings (SSSR count). The summed E-state index contributed by atoms with van der Waals surface area (Å²) in [7, 11) is 1.64. The molecule has 0 radical (unpaired) electrons. The van der Waals surface area contributed by atoms with Gasteiger partial charge >= 0.3 is 0 Å². The highest BCUT2D eigenvalue weighted by Gasteiger charge is 2.19. The smallest absolute Gasteiger partial charge is 0.277 e. The third kappa shape index (κ3) is 3.94. The SMILES string of the molecule is Cc1nc2ccc(N(C)C(=O)Cn3ncc4c(c3=O)c3ccccc3n4Cc3ccc(F)cc3)cc2o1. The van der Waals surface area contributed by atoms with Crippen molar-refractivity contribution in [2.24, 2.45) is 0 Å². The van der Waals surface area contributed by atoms with E-state index in [1.54, 1.807) is 50.5 Å². The monoisotopic (exact) mass is 495 g/mol. The second kappa shape index (κ2) is 8.70. The largest absolute Gasteiger partial charge is 0.441 e. The van der Waals surface area contributed by atoms with Crippen LogP contribution in [-0.4, -0.2) is 32.3 Å². The van der Waals surface area contributed by atoms with Gasteiger partial charge in [0.25, 0.3) is 5.56 Å². The maximum atomic E-state index is 13.6. The number of fused-ring (bicyclic) bond motifs is 4. The summed E-state index contributed by atoms with van der Waals surface area (Å²) < 4.78 is 22.2. The Morgan fingerprint density at radius 1 is 1.05 bits per heavy atom. The van der Waals surface area contributed by atoms with Crippen molar-refractivity contribution < 1.29 is 13.6 Å². The lowest BCUT2D eigenvalue weighted by atomic mass is 10.2. The van der Waals surface area contributed by atoms with Crippen molar-refractivity contribution in [3.63, 3.8) is 0 Å². The van der Waals surface area contributed by atoms with E-state index in [1.807, 2.05) is 28.8 Å². The molecule has 9 heteroatoms. The lowest BCUT2D eigenvalue weighted by Gasteiger charge is -2.17. The molecule has 0 N–H and O–H groups in total. The Kier molecular flexibility index (Phi) is 5.33. The van der Waals surface area contributed by atoms with Crippen LogP contribution in [0.15, 0.2) is 82.1 Å². The number of aromatic nitrogens is 4. The van der Waals surface area contributed by atoms with Crippen LogP contribution in [0.3, 0.4) is 0 Å². The number of oxazole rings is 1. The van der Waals surface area contributed by atoms with Gasteiger partial charge in [0.1, 0.15) is 17.9 Å². The molecule has 0 aliphatic rings. The lowest BCUT2D eigenvalue weighted by molar-refractivity contribution is -0.119. The first-order valence-electron chi connectivity index (χ1n) is 11.7. The van der Waals surface area contributed by atoms with Crippen molar-refractivity contribution in [3.8, 4) is 0 Å². The zero-order chi connectivity index (χ0) is 25.7. The van der Waals surface area contributed by atoms with Crippen LogP contribution in [0.4, 0.5) is 10.1 Å². The van der Waals surface area contributed by atoms with Crippen molar-refractivity contribution in [1.29, 1.82) is 0 Å². The minimum absolute atomic E-state index is 0.226. The highest BCUT2D eigenvalue weighted by Crippen LogP contribution is 2.27. The predicted molar refractivity (Wildman–Crippen MR) is 139 cm³/mol. The van der Waals surface area contributed by atoms with Gasteiger partial charge in [-0.2, -0.15) is 5.10 Å². The Hall–Kier alpha value is -4.79. The molecule has 0 aliphatic carbocycles. The average molecular weight is 496 g/mol. The van der Waals surface area contributed by atoms with Gasteiger partial charge in [0.2, 0.25) is 5.91 Å². The molecule has 0 aliphatic heterocycles. The summed E-state index contributed by atoms with van der Waals surface area (Å²) in [5, 5.41) is 5.59. The molecule has 0 atom stereocenters. The Labute approximate surface area is 210 Å². The fourth-order valence-corrected chi connectivity index (χ4v) is 4.66. The molecule has 184 valence electrons. The number of anilines is 1. The molecular formula is C28H22FN5O3. The molecule has 8 nitrogen and oxygen atoms in total. The number of amides is 1. The van der Waals surface area contributed by atoms with Gasteiger partial charge in [0.05, 0.1) is 17.1 Å². The van der Waals surface area contributed by atoms with Gasteiger partial charge in [0.15, 0.2) is 11.5 Å². The van der Waals surface area contributed by atoms with E-state index >= 15 is 0 Å². The molecule has 0 saturated carbocycles. The Bertz CT molecular complexity index is 1870. The second-order valence-corrected chi connectivity index (χ2v) is 8.94. The van der Waals surface area contributed by atoms with Crippen molar-refractivity contribution in [3.05, 3.63) is 101 Å². The first-order valence-corrected chi connectivity index (χ1v) is 11.7. The van der Waals surface area contributed by atoms with Crippen LogP contribution in [-0.2, 0) is 17.9 Å². The number of para-hydroxylation sites is 1. The summed E-state index contributed by atoms with van der Waals surface area (Å²) in [6.45, 7) is 1.98. The minimum atomic E-state index is -0.352. The molecule has 0 fully saturated rings. The van der Waals surface area contributed by atoms with E-state index in [2.05, 4.69) is 10.1 Å². The molecule has 0 unspecified atom stereocenters. The summed E-state index contributed by atoms with van der Waals surface area (Å²) in [6.07, 6.45) is 1.61. The zero-order valence-electron chi connectivity index (χ0n) is 20.2. The van der Waals surface area contributed by atoms with Crippen molar-refractivity contribution in [2.45, 2.75) is 20.0 Å². The maximum absolute atomic E-state index is 13.6. The summed E-state index contributed by atoms with van der Waals surface area (Å²) in [4.78, 5) is 32.4. The summed E-state index contributed by atoms with van der Waals surface area (Å²) >= 11 is 0. The van der Waals surface area contributed by atoms with Gasteiger partial charge in [-0.1, -0.05) is 30.3 Å². The summed E-state index contributed by atoms with van der Waals surface area (Å²) in [5.74, 6) is -0.0654. The maximum Gasteiger partial charge on any atom is 0.277 e. The van der Waals surface area contributed by atoms with E-state index in [0.717, 1.165) is 16.5 Å². The first-order chi connectivity index (χ1) is 17.9. The number of carbonyl (C=O) groups excluding carboxylic acids is 1. The van der Waals surface area contributed by atoms with Gasteiger partial charge in [-0.15, -0.1) is 0 Å². The molecule has 0 saturated heterocycles. The topological polar surface area (TPSA) is 86.2 Å². The van der Waals surface area contributed by atoms with Crippen LogP contribution in [0, 0.1) is 12.7 Å². The van der Waals surface area contributed by atoms with Gasteiger partial charge in [-0.3, -0.25) is 9.59 Å². The standard InChI is InChI=1S/C28H22FN5O3/c1-17-31-22-12-11-20(13-25(22)37-17)32(2)26(35)16-34-28(36)27-21-5-3-4-6-23(21)33(24(27)14-30-34)15-18-7-9-19(29)10-8-18/h3-14H,15-16H2,1-2H3. The highest BCUT2D eigenvalue weighted by molar-refractivity contribution is 6.07. The number of nitrogens with zero attached hydrogens (tertiary/aromatic N) is 5. The van der Waals surface area contributed by atoms with Crippen molar-refractivity contribution >= 4 is 44.5 Å². The van der Waals surface area contributed by atoms with Gasteiger partial charge in [0, 0.05) is 43.2 Å². The minimum Gasteiger partial charge on any atom is -0.441 e. The fraction of sp³-hybridized carbons (Fsp3) is 0.143. The number of benzene rings is 3. The van der Waals surface area contributed by atoms with Gasteiger partial charge < -0.3 is 13.9 Å². The van der Waals surface area contributed by atoms with E-state index in [-0.39, 0.29) is 23.8 Å². The van der Waals surface area contributed by atoms with E-state index in [4.69, 9.17) is 4.42 Å². The third-order valence-electron chi connectivity index (χ3n) is 6.56. The van der Waals surface area contributed by atoms with Crippen LogP contribution in [0.5, 0.6) is 0 Å². The van der Waals surface area contributed by atoms with E-state index in [0.29, 0.717) is 40.1 Å². The molecule has 3 aromatic heterocycles. The summed E-state index contributed by atoms with van der Waals surface area (Å²) in [6, 6.07) is 19.2. The van der Waals surface area contributed by atoms with Crippen LogP contribution < -0.4 is 10.5 Å². The fourth-order valence-electron chi connectivity index (χ4n) is 4.66. The Morgan fingerprint density at radius 2 is 1.84 bits per heavy atom. The second-order valence-electron chi connectivity index (χ2n) is 8.94. The summed E-state index contributed by atoms with van der Waals surface area (Å²) in [5.41, 5.74) is 3.97. The molecule has 0 bridgehead atoms. The Morgan fingerprint density at radius 3 is 2.65 bits per heavy atom. The third-order valence-corrected chi connectivity index (χ3v) is 6.56. The van der Waals surface area contributed by atoms with Crippen molar-refractivity contribution in [1.82, 2.24) is 19.3 Å². The molecule has 0 spiro atoms. The molecule has 3 aromatic carbocycles. The van der Waals surface area contributed by atoms with Gasteiger partial charge in [-0.25, -0.2) is 14.1 Å². The first kappa shape index (κ1) is 22.7.